The molecular formula is C16H21NO2. The summed E-state index contributed by atoms with van der Waals surface area (Å²) in [4.78, 5) is 14.3. The lowest BCUT2D eigenvalue weighted by Gasteiger charge is -2.33. The van der Waals surface area contributed by atoms with Crippen LogP contribution >= 0.6 is 0 Å². The van der Waals surface area contributed by atoms with E-state index >= 15 is 0 Å². The summed E-state index contributed by atoms with van der Waals surface area (Å²) in [6.45, 7) is 6.56. The number of piperidine rings is 1. The minimum atomic E-state index is -0.237. The summed E-state index contributed by atoms with van der Waals surface area (Å²) >= 11 is 0. The maximum Gasteiger partial charge on any atom is 0.339 e. The maximum atomic E-state index is 11.9. The third-order valence-electron chi connectivity index (χ3n) is 4.83. The van der Waals surface area contributed by atoms with Crippen LogP contribution in [0.5, 0.6) is 0 Å². The first kappa shape index (κ1) is 12.5. The molecule has 1 aliphatic carbocycles. The Morgan fingerprint density at radius 2 is 2.26 bits per heavy atom. The van der Waals surface area contributed by atoms with Gasteiger partial charge in [0.25, 0.3) is 0 Å². The van der Waals surface area contributed by atoms with Gasteiger partial charge in [-0.1, -0.05) is 13.0 Å². The van der Waals surface area contributed by atoms with E-state index in [0.29, 0.717) is 11.0 Å². The van der Waals surface area contributed by atoms with Crippen LogP contribution in [0.25, 0.3) is 0 Å². The van der Waals surface area contributed by atoms with Crippen molar-refractivity contribution in [3.05, 3.63) is 29.3 Å². The van der Waals surface area contributed by atoms with Gasteiger partial charge in [-0.3, -0.25) is 0 Å². The van der Waals surface area contributed by atoms with Crippen LogP contribution in [0.4, 0.5) is 5.69 Å². The molecule has 0 N–H and O–H groups in total. The summed E-state index contributed by atoms with van der Waals surface area (Å²) in [5.74, 6) is 0.561. The van der Waals surface area contributed by atoms with Crippen molar-refractivity contribution >= 4 is 11.7 Å². The van der Waals surface area contributed by atoms with E-state index in [1.165, 1.54) is 25.5 Å². The Bertz CT molecular complexity index is 525. The highest BCUT2D eigenvalue weighted by Crippen LogP contribution is 2.57. The molecule has 1 aliphatic heterocycles. The molecule has 2 fully saturated rings. The van der Waals surface area contributed by atoms with E-state index < -0.39 is 0 Å². The van der Waals surface area contributed by atoms with Crippen LogP contribution in [-0.4, -0.2) is 26.2 Å². The molecule has 2 unspecified atom stereocenters. The van der Waals surface area contributed by atoms with Crippen molar-refractivity contribution in [3.63, 3.8) is 0 Å². The number of carbonyl (C=O) groups is 1. The molecule has 3 nitrogen and oxygen atoms in total. The monoisotopic (exact) mass is 259 g/mol. The molecular weight excluding hydrogens is 238 g/mol. The molecule has 19 heavy (non-hydrogen) atoms. The van der Waals surface area contributed by atoms with Crippen LogP contribution in [0.1, 0.15) is 35.7 Å². The van der Waals surface area contributed by atoms with Crippen LogP contribution in [0, 0.1) is 18.3 Å². The lowest BCUT2D eigenvalue weighted by Crippen LogP contribution is -2.35. The fourth-order valence-corrected chi connectivity index (χ4v) is 3.25. The summed E-state index contributed by atoms with van der Waals surface area (Å²) in [6, 6.07) is 5.97. The average Bonchev–Trinajstić information content (AvgIpc) is 3.08. The van der Waals surface area contributed by atoms with Crippen molar-refractivity contribution in [3.8, 4) is 0 Å². The molecule has 1 saturated carbocycles. The second kappa shape index (κ2) is 4.26. The van der Waals surface area contributed by atoms with Crippen molar-refractivity contribution in [1.29, 1.82) is 0 Å². The Morgan fingerprint density at radius 1 is 1.47 bits per heavy atom. The van der Waals surface area contributed by atoms with Gasteiger partial charge in [0.1, 0.15) is 0 Å². The smallest absolute Gasteiger partial charge is 0.339 e. The van der Waals surface area contributed by atoms with E-state index in [9.17, 15) is 4.79 Å². The summed E-state index contributed by atoms with van der Waals surface area (Å²) in [7, 11) is 1.44. The van der Waals surface area contributed by atoms with Crippen LogP contribution in [0.15, 0.2) is 18.2 Å². The number of carbonyl (C=O) groups excluding carboxylic acids is 1. The minimum Gasteiger partial charge on any atom is -0.465 e. The number of benzene rings is 1. The standard InChI is InChI=1S/C16H21NO2/c1-11-4-5-13(15(18)19-3)14(8-11)17-7-6-16(2)9-12(16)10-17/h4-5,8,12H,6-7,9-10H2,1-3H3. The first-order valence-corrected chi connectivity index (χ1v) is 6.97. The van der Waals surface area contributed by atoms with Gasteiger partial charge in [0, 0.05) is 13.1 Å². The zero-order chi connectivity index (χ0) is 13.6. The highest BCUT2D eigenvalue weighted by Gasteiger charge is 2.52. The van der Waals surface area contributed by atoms with Crippen LogP contribution in [-0.2, 0) is 4.74 Å². The third-order valence-corrected chi connectivity index (χ3v) is 4.83. The van der Waals surface area contributed by atoms with Crippen LogP contribution in [0.3, 0.4) is 0 Å². The number of nitrogens with zero attached hydrogens (tertiary/aromatic N) is 1. The third kappa shape index (κ3) is 2.11. The molecule has 0 aromatic heterocycles. The summed E-state index contributed by atoms with van der Waals surface area (Å²) in [5, 5.41) is 0. The number of ether oxygens (including phenoxy) is 1. The molecule has 3 rings (SSSR count). The molecule has 0 bridgehead atoms. The topological polar surface area (TPSA) is 29.5 Å². The van der Waals surface area contributed by atoms with Crippen molar-refractivity contribution in [2.45, 2.75) is 26.7 Å². The molecule has 1 saturated heterocycles. The lowest BCUT2D eigenvalue weighted by molar-refractivity contribution is 0.0601. The number of rotatable bonds is 2. The van der Waals surface area contributed by atoms with E-state index in [0.717, 1.165) is 24.7 Å². The van der Waals surface area contributed by atoms with Crippen LogP contribution in [0.2, 0.25) is 0 Å². The van der Waals surface area contributed by atoms with Gasteiger partial charge in [-0.25, -0.2) is 4.79 Å². The number of hydrogen-bond donors (Lipinski definition) is 0. The number of fused-ring (bicyclic) bond motifs is 1. The zero-order valence-corrected chi connectivity index (χ0v) is 11.9. The fraction of sp³-hybridized carbons (Fsp3) is 0.562. The predicted molar refractivity (Wildman–Crippen MR) is 75.6 cm³/mol. The van der Waals surface area contributed by atoms with Crippen molar-refractivity contribution in [2.24, 2.45) is 11.3 Å². The van der Waals surface area contributed by atoms with Gasteiger partial charge in [-0.15, -0.1) is 0 Å². The normalized spacial score (nSPS) is 28.8. The number of aryl methyl sites for hydroxylation is 1. The molecule has 1 heterocycles. The molecule has 102 valence electrons. The molecule has 1 aromatic rings. The van der Waals surface area contributed by atoms with E-state index in [1.807, 2.05) is 12.1 Å². The summed E-state index contributed by atoms with van der Waals surface area (Å²) in [6.07, 6.45) is 2.56. The van der Waals surface area contributed by atoms with Gasteiger partial charge >= 0.3 is 5.97 Å². The SMILES string of the molecule is COC(=O)c1ccc(C)cc1N1CCC2(C)CC2C1. The second-order valence-electron chi connectivity index (χ2n) is 6.26. The Hall–Kier alpha value is -1.51. The first-order chi connectivity index (χ1) is 9.03. The molecule has 3 heteroatoms. The van der Waals surface area contributed by atoms with Gasteiger partial charge < -0.3 is 9.64 Å². The fourth-order valence-electron chi connectivity index (χ4n) is 3.25. The number of hydrogen-bond acceptors (Lipinski definition) is 3. The number of esters is 1. The van der Waals surface area contributed by atoms with E-state index in [4.69, 9.17) is 4.74 Å². The molecule has 0 amide bonds. The van der Waals surface area contributed by atoms with Crippen molar-refractivity contribution in [2.75, 3.05) is 25.1 Å². The first-order valence-electron chi connectivity index (χ1n) is 6.97. The highest BCUT2D eigenvalue weighted by molar-refractivity contribution is 5.96. The predicted octanol–water partition coefficient (Wildman–Crippen LogP) is 3.02. The van der Waals surface area contributed by atoms with Crippen molar-refractivity contribution < 1.29 is 9.53 Å². The van der Waals surface area contributed by atoms with E-state index in [-0.39, 0.29) is 5.97 Å². The minimum absolute atomic E-state index is 0.237. The van der Waals surface area contributed by atoms with Crippen LogP contribution < -0.4 is 4.90 Å². The second-order valence-corrected chi connectivity index (χ2v) is 6.26. The summed E-state index contributed by atoms with van der Waals surface area (Å²) in [5.41, 5.74) is 3.50. The lowest BCUT2D eigenvalue weighted by atomic mass is 9.96. The Kier molecular flexibility index (Phi) is 2.80. The van der Waals surface area contributed by atoms with E-state index in [2.05, 4.69) is 24.8 Å². The quantitative estimate of drug-likeness (QED) is 0.765. The summed E-state index contributed by atoms with van der Waals surface area (Å²) < 4.78 is 4.90. The Labute approximate surface area is 114 Å². The Morgan fingerprint density at radius 3 is 2.95 bits per heavy atom. The molecule has 2 atom stereocenters. The van der Waals surface area contributed by atoms with Gasteiger partial charge in [0.05, 0.1) is 18.4 Å². The molecule has 0 radical (unpaired) electrons. The van der Waals surface area contributed by atoms with Gasteiger partial charge in [-0.05, 0) is 48.8 Å². The largest absolute Gasteiger partial charge is 0.465 e. The average molecular weight is 259 g/mol. The zero-order valence-electron chi connectivity index (χ0n) is 11.9. The van der Waals surface area contributed by atoms with E-state index in [1.54, 1.807) is 0 Å². The Balaban J connectivity index is 1.91. The number of methoxy groups -OCH3 is 1. The maximum absolute atomic E-state index is 11.9. The molecule has 0 spiro atoms. The highest BCUT2D eigenvalue weighted by atomic mass is 16.5. The van der Waals surface area contributed by atoms with Crippen molar-refractivity contribution in [1.82, 2.24) is 0 Å². The number of anilines is 1. The van der Waals surface area contributed by atoms with Gasteiger partial charge in [0.2, 0.25) is 0 Å². The molecule has 1 aromatic carbocycles. The van der Waals surface area contributed by atoms with Gasteiger partial charge in [0.15, 0.2) is 0 Å². The molecule has 2 aliphatic rings. The van der Waals surface area contributed by atoms with Gasteiger partial charge in [-0.2, -0.15) is 0 Å².